The van der Waals surface area contributed by atoms with Gasteiger partial charge in [-0.1, -0.05) is 159 Å². The molecular formula is C50H49BN2. The second-order valence-electron chi connectivity index (χ2n) is 18.3. The molecule has 0 radical (unpaired) electrons. The van der Waals surface area contributed by atoms with E-state index in [1.165, 1.54) is 88.7 Å². The predicted molar refractivity (Wildman–Crippen MR) is 232 cm³/mol. The van der Waals surface area contributed by atoms with Gasteiger partial charge in [-0.05, 0) is 96.5 Å². The maximum Gasteiger partial charge on any atom is 0.252 e. The van der Waals surface area contributed by atoms with Crippen molar-refractivity contribution >= 4 is 78.8 Å². The Morgan fingerprint density at radius 1 is 0.396 bits per heavy atom. The topological polar surface area (TPSA) is 6.48 Å². The zero-order valence-corrected chi connectivity index (χ0v) is 32.7. The largest absolute Gasteiger partial charge is 0.311 e. The first-order valence-corrected chi connectivity index (χ1v) is 19.2. The molecule has 0 saturated heterocycles. The Morgan fingerprint density at radius 3 is 1.49 bits per heavy atom. The monoisotopic (exact) mass is 688 g/mol. The van der Waals surface area contributed by atoms with Crippen LogP contribution in [0.5, 0.6) is 0 Å². The maximum absolute atomic E-state index is 2.60. The van der Waals surface area contributed by atoms with Crippen LogP contribution in [0.3, 0.4) is 0 Å². The van der Waals surface area contributed by atoms with Gasteiger partial charge in [0.25, 0.3) is 6.71 Å². The molecular weight excluding hydrogens is 639 g/mol. The lowest BCUT2D eigenvalue weighted by atomic mass is 9.33. The van der Waals surface area contributed by atoms with Gasteiger partial charge in [0.1, 0.15) is 0 Å². The molecule has 0 aromatic heterocycles. The molecule has 0 bridgehead atoms. The number of hydrogen-bond acceptors (Lipinski definition) is 2. The zero-order valence-electron chi connectivity index (χ0n) is 32.7. The highest BCUT2D eigenvalue weighted by Crippen LogP contribution is 2.49. The molecule has 3 heteroatoms. The van der Waals surface area contributed by atoms with Gasteiger partial charge in [-0.25, -0.2) is 0 Å². The van der Waals surface area contributed by atoms with Gasteiger partial charge >= 0.3 is 0 Å². The Balaban J connectivity index is 1.43. The molecule has 0 aliphatic carbocycles. The van der Waals surface area contributed by atoms with Gasteiger partial charge in [-0.15, -0.1) is 0 Å². The molecule has 2 heterocycles. The molecule has 0 spiro atoms. The molecule has 7 aromatic carbocycles. The van der Waals surface area contributed by atoms with Crippen LogP contribution in [0.1, 0.15) is 79.0 Å². The number of rotatable bonds is 2. The van der Waals surface area contributed by atoms with E-state index in [0.717, 1.165) is 0 Å². The Bertz CT molecular complexity index is 2560. The van der Waals surface area contributed by atoms with Crippen LogP contribution >= 0.6 is 0 Å². The molecule has 0 N–H and O–H groups in total. The van der Waals surface area contributed by atoms with E-state index >= 15 is 0 Å². The van der Waals surface area contributed by atoms with Crippen molar-refractivity contribution in [2.24, 2.45) is 0 Å². The van der Waals surface area contributed by atoms with Gasteiger partial charge in [-0.2, -0.15) is 0 Å². The summed E-state index contributed by atoms with van der Waals surface area (Å²) in [4.78, 5) is 5.14. The fourth-order valence-corrected chi connectivity index (χ4v) is 8.73. The van der Waals surface area contributed by atoms with Crippen LogP contribution in [-0.4, -0.2) is 6.71 Å². The number of hydrogen-bond donors (Lipinski definition) is 0. The first-order chi connectivity index (χ1) is 25.2. The van der Waals surface area contributed by atoms with E-state index in [0.29, 0.717) is 0 Å². The molecule has 9 rings (SSSR count). The fraction of sp³-hybridized carbons (Fsp3) is 0.240. The van der Waals surface area contributed by atoms with Gasteiger partial charge in [0.05, 0.1) is 5.69 Å². The minimum Gasteiger partial charge on any atom is -0.311 e. The minimum atomic E-state index is 0.00241. The summed E-state index contributed by atoms with van der Waals surface area (Å²) in [6, 6.07) is 51.1. The average molecular weight is 689 g/mol. The Hall–Kier alpha value is -5.28. The van der Waals surface area contributed by atoms with Crippen molar-refractivity contribution < 1.29 is 0 Å². The first-order valence-electron chi connectivity index (χ1n) is 19.2. The highest BCUT2D eigenvalue weighted by Gasteiger charge is 2.45. The van der Waals surface area contributed by atoms with E-state index in [2.05, 4.69) is 206 Å². The molecule has 2 aliphatic heterocycles. The van der Waals surface area contributed by atoms with Gasteiger partial charge in [0.15, 0.2) is 0 Å². The first kappa shape index (κ1) is 33.6. The van der Waals surface area contributed by atoms with E-state index < -0.39 is 0 Å². The van der Waals surface area contributed by atoms with Crippen LogP contribution < -0.4 is 26.2 Å². The second-order valence-corrected chi connectivity index (χ2v) is 18.3. The molecule has 0 fully saturated rings. The van der Waals surface area contributed by atoms with E-state index in [1.54, 1.807) is 0 Å². The normalized spacial score (nSPS) is 14.0. The Kier molecular flexibility index (Phi) is 7.35. The summed E-state index contributed by atoms with van der Waals surface area (Å²) in [5.74, 6) is 0. The Labute approximate surface area is 316 Å². The lowest BCUT2D eigenvalue weighted by Gasteiger charge is -2.45. The summed E-state index contributed by atoms with van der Waals surface area (Å²) in [6.45, 7) is 20.8. The van der Waals surface area contributed by atoms with E-state index in [4.69, 9.17) is 0 Å². The highest BCUT2D eigenvalue weighted by molar-refractivity contribution is 7.00. The summed E-state index contributed by atoms with van der Waals surface area (Å²) >= 11 is 0. The number of nitrogens with zero attached hydrogens (tertiary/aromatic N) is 2. The summed E-state index contributed by atoms with van der Waals surface area (Å²) < 4.78 is 0. The van der Waals surface area contributed by atoms with Crippen LogP contribution in [0, 0.1) is 0 Å². The SMILES string of the molecule is CC(C)(C)c1ccc(N2c3ccc(C(C)(C)C)cc3B3c4ccc5ccccc5c4N(c4ccc(C(C)(C)C)cc4)c4c3c2cc2ccccc42)cc1. The van der Waals surface area contributed by atoms with Gasteiger partial charge in [-0.3, -0.25) is 0 Å². The van der Waals surface area contributed by atoms with Crippen molar-refractivity contribution in [3.05, 3.63) is 150 Å². The van der Waals surface area contributed by atoms with Gasteiger partial charge in [0, 0.05) is 39.2 Å². The van der Waals surface area contributed by atoms with Crippen molar-refractivity contribution in [1.82, 2.24) is 0 Å². The van der Waals surface area contributed by atoms with Crippen molar-refractivity contribution in [1.29, 1.82) is 0 Å². The molecule has 7 aromatic rings. The van der Waals surface area contributed by atoms with E-state index in [1.807, 2.05) is 0 Å². The van der Waals surface area contributed by atoms with E-state index in [-0.39, 0.29) is 23.0 Å². The van der Waals surface area contributed by atoms with Crippen molar-refractivity contribution in [3.8, 4) is 0 Å². The molecule has 2 aliphatic rings. The fourth-order valence-electron chi connectivity index (χ4n) is 8.73. The summed E-state index contributed by atoms with van der Waals surface area (Å²) in [6.07, 6.45) is 0. The molecule has 2 nitrogen and oxygen atoms in total. The lowest BCUT2D eigenvalue weighted by molar-refractivity contribution is 0.590. The lowest BCUT2D eigenvalue weighted by Crippen LogP contribution is -2.61. The minimum absolute atomic E-state index is 0.00241. The molecule has 53 heavy (non-hydrogen) atoms. The number of fused-ring (bicyclic) bond motifs is 8. The maximum atomic E-state index is 2.60. The van der Waals surface area contributed by atoms with Crippen LogP contribution in [0.25, 0.3) is 21.5 Å². The highest BCUT2D eigenvalue weighted by atomic mass is 15.2. The quantitative estimate of drug-likeness (QED) is 0.167. The van der Waals surface area contributed by atoms with Crippen LogP contribution in [0.2, 0.25) is 0 Å². The third-order valence-corrected chi connectivity index (χ3v) is 11.7. The van der Waals surface area contributed by atoms with Crippen molar-refractivity contribution in [2.45, 2.75) is 78.6 Å². The predicted octanol–water partition coefficient (Wildman–Crippen LogP) is 12.0. The summed E-state index contributed by atoms with van der Waals surface area (Å²) in [5.41, 5.74) is 15.7. The average Bonchev–Trinajstić information content (AvgIpc) is 3.13. The number of benzene rings is 7. The van der Waals surface area contributed by atoms with E-state index in [9.17, 15) is 0 Å². The van der Waals surface area contributed by atoms with Crippen molar-refractivity contribution in [3.63, 3.8) is 0 Å². The van der Waals surface area contributed by atoms with Crippen LogP contribution in [0.15, 0.2) is 133 Å². The molecule has 262 valence electrons. The second kappa shape index (κ2) is 11.6. The zero-order chi connectivity index (χ0) is 37.0. The molecule has 0 saturated carbocycles. The molecule has 0 amide bonds. The summed E-state index contributed by atoms with van der Waals surface area (Å²) in [5, 5.41) is 5.05. The van der Waals surface area contributed by atoms with Crippen LogP contribution in [0.4, 0.5) is 34.1 Å². The molecule has 0 unspecified atom stereocenters. The molecule has 0 atom stereocenters. The standard InChI is InChI=1S/C50H49BN2/c1-48(2,3)34-19-24-37(25-20-34)52-43-29-23-36(50(7,8)9)31-42(43)51-41-28-18-32-14-10-12-16-39(32)46(41)53(38-26-21-35(22-27-38)49(4,5)6)47-40-17-13-11-15-33(40)30-44(52)45(47)51/h10-31H,1-9H3. The Morgan fingerprint density at radius 2 is 0.906 bits per heavy atom. The number of anilines is 6. The third-order valence-electron chi connectivity index (χ3n) is 11.7. The van der Waals surface area contributed by atoms with Gasteiger partial charge in [0.2, 0.25) is 0 Å². The summed E-state index contributed by atoms with van der Waals surface area (Å²) in [7, 11) is 0. The van der Waals surface area contributed by atoms with Crippen LogP contribution in [-0.2, 0) is 16.2 Å². The smallest absolute Gasteiger partial charge is 0.252 e. The van der Waals surface area contributed by atoms with Gasteiger partial charge < -0.3 is 9.80 Å². The third kappa shape index (κ3) is 5.31. The van der Waals surface area contributed by atoms with Crippen molar-refractivity contribution in [2.75, 3.05) is 9.80 Å².